The second kappa shape index (κ2) is 5.18. The molecule has 0 aromatic carbocycles. The molecule has 0 aromatic heterocycles. The average Bonchev–Trinajstić information content (AvgIpc) is 2.27. The minimum atomic E-state index is -0.580. The van der Waals surface area contributed by atoms with Gasteiger partial charge in [-0.25, -0.2) is 0 Å². The first-order chi connectivity index (χ1) is 7.48. The van der Waals surface area contributed by atoms with Gasteiger partial charge in [0.1, 0.15) is 0 Å². The highest BCUT2D eigenvalue weighted by Crippen LogP contribution is 2.27. The Hall–Kier alpha value is -1.26. The number of carbonyl (C=O) groups is 1. The van der Waals surface area contributed by atoms with Crippen molar-refractivity contribution in [3.05, 3.63) is 0 Å². The molecular formula is C11H21N3O2. The lowest BCUT2D eigenvalue weighted by atomic mass is 9.83. The molecule has 1 aliphatic carbocycles. The Morgan fingerprint density at radius 3 is 2.50 bits per heavy atom. The van der Waals surface area contributed by atoms with E-state index in [0.717, 1.165) is 25.7 Å². The summed E-state index contributed by atoms with van der Waals surface area (Å²) in [5, 5.41) is 14.4. The highest BCUT2D eigenvalue weighted by atomic mass is 16.4. The monoisotopic (exact) mass is 227 g/mol. The summed E-state index contributed by atoms with van der Waals surface area (Å²) < 4.78 is 0. The Balaban J connectivity index is 2.56. The summed E-state index contributed by atoms with van der Waals surface area (Å²) in [6.45, 7) is 3.69. The molecule has 1 aliphatic rings. The summed E-state index contributed by atoms with van der Waals surface area (Å²) >= 11 is 0. The molecule has 4 N–H and O–H groups in total. The maximum atomic E-state index is 11.8. The highest BCUT2D eigenvalue weighted by molar-refractivity contribution is 6.01. The van der Waals surface area contributed by atoms with E-state index >= 15 is 0 Å². The fraction of sp³-hybridized carbons (Fsp3) is 0.818. The van der Waals surface area contributed by atoms with Crippen molar-refractivity contribution in [2.75, 3.05) is 0 Å². The fourth-order valence-corrected chi connectivity index (χ4v) is 2.08. The van der Waals surface area contributed by atoms with Gasteiger partial charge in [-0.2, -0.15) is 0 Å². The Morgan fingerprint density at radius 1 is 1.44 bits per heavy atom. The van der Waals surface area contributed by atoms with Crippen LogP contribution in [0.3, 0.4) is 0 Å². The molecule has 16 heavy (non-hydrogen) atoms. The zero-order valence-electron chi connectivity index (χ0n) is 9.99. The van der Waals surface area contributed by atoms with Gasteiger partial charge in [0.2, 0.25) is 5.91 Å². The fourth-order valence-electron chi connectivity index (χ4n) is 2.08. The van der Waals surface area contributed by atoms with Crippen LogP contribution in [0.25, 0.3) is 0 Å². The second-order valence-corrected chi connectivity index (χ2v) is 4.86. The molecule has 1 amide bonds. The van der Waals surface area contributed by atoms with Crippen molar-refractivity contribution in [2.45, 2.75) is 51.5 Å². The van der Waals surface area contributed by atoms with E-state index in [-0.39, 0.29) is 17.3 Å². The molecular weight excluding hydrogens is 206 g/mol. The molecule has 0 aromatic rings. The first-order valence-corrected chi connectivity index (χ1v) is 5.78. The Kier molecular flexibility index (Phi) is 4.15. The largest absolute Gasteiger partial charge is 0.409 e. The summed E-state index contributed by atoms with van der Waals surface area (Å²) in [7, 11) is 0. The van der Waals surface area contributed by atoms with Crippen molar-refractivity contribution in [3.8, 4) is 0 Å². The van der Waals surface area contributed by atoms with Gasteiger partial charge >= 0.3 is 0 Å². The number of nitrogens with one attached hydrogen (secondary N) is 1. The second-order valence-electron chi connectivity index (χ2n) is 4.86. The summed E-state index contributed by atoms with van der Waals surface area (Å²) in [5.41, 5.74) is 5.28. The number of nitrogens with two attached hydrogens (primary N) is 1. The smallest absolute Gasteiger partial charge is 0.230 e. The van der Waals surface area contributed by atoms with Crippen molar-refractivity contribution < 1.29 is 10.0 Å². The third-order valence-electron chi connectivity index (χ3n) is 3.33. The van der Waals surface area contributed by atoms with E-state index in [9.17, 15) is 4.79 Å². The van der Waals surface area contributed by atoms with Crippen molar-refractivity contribution in [1.29, 1.82) is 0 Å². The molecule has 1 fully saturated rings. The minimum absolute atomic E-state index is 0.0445. The lowest BCUT2D eigenvalue weighted by molar-refractivity contribution is -0.124. The summed E-state index contributed by atoms with van der Waals surface area (Å²) in [5.74, 6) is -0.791. The van der Waals surface area contributed by atoms with Gasteiger partial charge in [-0.05, 0) is 26.7 Å². The van der Waals surface area contributed by atoms with Crippen LogP contribution in [0.15, 0.2) is 5.16 Å². The van der Waals surface area contributed by atoms with Gasteiger partial charge in [-0.1, -0.05) is 24.4 Å². The van der Waals surface area contributed by atoms with Crippen LogP contribution < -0.4 is 11.1 Å². The standard InChI is InChI=1S/C11H21N3O2/c1-8(9(12)14-16)10(15)13-11(2)6-4-3-5-7-11/h8,16H,3-7H2,1-2H3,(H2,12,14)(H,13,15). The third-order valence-corrected chi connectivity index (χ3v) is 3.33. The number of rotatable bonds is 3. The molecule has 1 atom stereocenters. The van der Waals surface area contributed by atoms with Gasteiger partial charge < -0.3 is 16.3 Å². The average molecular weight is 227 g/mol. The van der Waals surface area contributed by atoms with Crippen LogP contribution in [-0.2, 0) is 4.79 Å². The number of hydrogen-bond acceptors (Lipinski definition) is 3. The third kappa shape index (κ3) is 3.12. The lowest BCUT2D eigenvalue weighted by Crippen LogP contribution is -2.50. The molecule has 0 radical (unpaired) electrons. The molecule has 5 heteroatoms. The molecule has 0 spiro atoms. The quantitative estimate of drug-likeness (QED) is 0.293. The first-order valence-electron chi connectivity index (χ1n) is 5.78. The van der Waals surface area contributed by atoms with Crippen LogP contribution >= 0.6 is 0 Å². The molecule has 1 saturated carbocycles. The molecule has 1 unspecified atom stereocenters. The van der Waals surface area contributed by atoms with Crippen molar-refractivity contribution >= 4 is 11.7 Å². The Morgan fingerprint density at radius 2 is 2.00 bits per heavy atom. The zero-order valence-corrected chi connectivity index (χ0v) is 9.99. The van der Waals surface area contributed by atoms with Crippen molar-refractivity contribution in [2.24, 2.45) is 16.8 Å². The minimum Gasteiger partial charge on any atom is -0.409 e. The molecule has 5 nitrogen and oxygen atoms in total. The van der Waals surface area contributed by atoms with Crippen LogP contribution in [0.1, 0.15) is 46.0 Å². The van der Waals surface area contributed by atoms with Crippen LogP contribution in [-0.4, -0.2) is 22.5 Å². The Labute approximate surface area is 96.1 Å². The number of carbonyl (C=O) groups excluding carboxylic acids is 1. The molecule has 0 saturated heterocycles. The number of amides is 1. The predicted molar refractivity (Wildman–Crippen MR) is 62.2 cm³/mol. The van der Waals surface area contributed by atoms with E-state index in [0.29, 0.717) is 0 Å². The van der Waals surface area contributed by atoms with E-state index in [1.807, 2.05) is 0 Å². The topological polar surface area (TPSA) is 87.7 Å². The van der Waals surface area contributed by atoms with Crippen molar-refractivity contribution in [3.63, 3.8) is 0 Å². The van der Waals surface area contributed by atoms with Gasteiger partial charge in [-0.15, -0.1) is 0 Å². The summed E-state index contributed by atoms with van der Waals surface area (Å²) in [6.07, 6.45) is 5.54. The number of oxime groups is 1. The number of nitrogens with zero attached hydrogens (tertiary/aromatic N) is 1. The zero-order chi connectivity index (χ0) is 12.2. The van der Waals surface area contributed by atoms with E-state index < -0.39 is 5.92 Å². The van der Waals surface area contributed by atoms with E-state index in [4.69, 9.17) is 10.9 Å². The first kappa shape index (κ1) is 12.8. The van der Waals surface area contributed by atoms with Crippen LogP contribution in [0.2, 0.25) is 0 Å². The molecule has 92 valence electrons. The maximum Gasteiger partial charge on any atom is 0.230 e. The van der Waals surface area contributed by atoms with E-state index in [1.165, 1.54) is 6.42 Å². The van der Waals surface area contributed by atoms with Crippen LogP contribution in [0.5, 0.6) is 0 Å². The van der Waals surface area contributed by atoms with Gasteiger partial charge in [0.25, 0.3) is 0 Å². The Bertz CT molecular complexity index is 283. The van der Waals surface area contributed by atoms with Gasteiger partial charge in [0, 0.05) is 5.54 Å². The normalized spacial score (nSPS) is 22.5. The molecule has 1 rings (SSSR count). The summed E-state index contributed by atoms with van der Waals surface area (Å²) in [6, 6.07) is 0. The SMILES string of the molecule is CC(C(=O)NC1(C)CCCCC1)C(N)=NO. The number of amidine groups is 1. The molecule has 0 bridgehead atoms. The molecule has 0 heterocycles. The van der Waals surface area contributed by atoms with E-state index in [2.05, 4.69) is 17.4 Å². The lowest BCUT2D eigenvalue weighted by Gasteiger charge is -2.35. The predicted octanol–water partition coefficient (Wildman–Crippen LogP) is 1.21. The van der Waals surface area contributed by atoms with E-state index in [1.54, 1.807) is 6.92 Å². The maximum absolute atomic E-state index is 11.8. The number of hydrogen-bond donors (Lipinski definition) is 3. The van der Waals surface area contributed by atoms with Gasteiger partial charge in [0.05, 0.1) is 5.92 Å². The van der Waals surface area contributed by atoms with Gasteiger partial charge in [-0.3, -0.25) is 4.79 Å². The highest BCUT2D eigenvalue weighted by Gasteiger charge is 2.30. The summed E-state index contributed by atoms with van der Waals surface area (Å²) in [4.78, 5) is 11.8. The van der Waals surface area contributed by atoms with Crippen LogP contribution in [0.4, 0.5) is 0 Å². The van der Waals surface area contributed by atoms with Crippen molar-refractivity contribution in [1.82, 2.24) is 5.32 Å². The van der Waals surface area contributed by atoms with Crippen LogP contribution in [0, 0.1) is 5.92 Å². The van der Waals surface area contributed by atoms with Gasteiger partial charge in [0.15, 0.2) is 5.84 Å². The molecule has 0 aliphatic heterocycles.